The normalized spacial score (nSPS) is 18.5. The molecule has 0 aliphatic carbocycles. The predicted octanol–water partition coefficient (Wildman–Crippen LogP) is -0.107. The van der Waals surface area contributed by atoms with Gasteiger partial charge in [-0.3, -0.25) is 4.79 Å². The van der Waals surface area contributed by atoms with Gasteiger partial charge in [0.1, 0.15) is 5.82 Å². The molecule has 0 saturated carbocycles. The standard InChI is InChI=1S/C8H15N3O/c1-3-6(2)10-11-8-4-7(12)5-9-8/h4,6,9-11H,3,5H2,1-2H3. The highest BCUT2D eigenvalue weighted by atomic mass is 16.1. The quantitative estimate of drug-likeness (QED) is 0.514. The molecule has 0 radical (unpaired) electrons. The highest BCUT2D eigenvalue weighted by molar-refractivity contribution is 5.94. The monoisotopic (exact) mass is 169 g/mol. The molecule has 1 rings (SSSR count). The largest absolute Gasteiger partial charge is 0.363 e. The molecule has 0 aromatic carbocycles. The number of hydrogen-bond acceptors (Lipinski definition) is 4. The summed E-state index contributed by atoms with van der Waals surface area (Å²) in [5, 5.41) is 2.92. The lowest BCUT2D eigenvalue weighted by molar-refractivity contribution is -0.113. The minimum Gasteiger partial charge on any atom is -0.363 e. The lowest BCUT2D eigenvalue weighted by atomic mass is 10.3. The second kappa shape index (κ2) is 4.11. The van der Waals surface area contributed by atoms with Crippen LogP contribution in [0.2, 0.25) is 0 Å². The number of ketones is 1. The van der Waals surface area contributed by atoms with Crippen LogP contribution in [0.25, 0.3) is 0 Å². The summed E-state index contributed by atoms with van der Waals surface area (Å²) in [6.07, 6.45) is 2.61. The van der Waals surface area contributed by atoms with Gasteiger partial charge in [0.2, 0.25) is 0 Å². The van der Waals surface area contributed by atoms with E-state index in [0.29, 0.717) is 12.6 Å². The van der Waals surface area contributed by atoms with Crippen LogP contribution in [-0.4, -0.2) is 18.4 Å². The summed E-state index contributed by atoms with van der Waals surface area (Å²) in [7, 11) is 0. The molecule has 0 saturated heterocycles. The Bertz CT molecular complexity index is 200. The third-order valence-electron chi connectivity index (χ3n) is 1.82. The van der Waals surface area contributed by atoms with E-state index in [4.69, 9.17) is 0 Å². The molecule has 3 N–H and O–H groups in total. The Morgan fingerprint density at radius 3 is 3.00 bits per heavy atom. The number of nitrogens with one attached hydrogen (secondary N) is 3. The topological polar surface area (TPSA) is 53.2 Å². The molecule has 0 aromatic rings. The van der Waals surface area contributed by atoms with Gasteiger partial charge in [-0.1, -0.05) is 6.92 Å². The molecule has 0 spiro atoms. The number of hydrogen-bond donors (Lipinski definition) is 3. The number of rotatable bonds is 4. The van der Waals surface area contributed by atoms with Gasteiger partial charge in [-0.2, -0.15) is 0 Å². The second-order valence-corrected chi connectivity index (χ2v) is 2.96. The molecular formula is C8H15N3O. The molecule has 4 nitrogen and oxygen atoms in total. The highest BCUT2D eigenvalue weighted by Gasteiger charge is 2.09. The van der Waals surface area contributed by atoms with Crippen LogP contribution in [-0.2, 0) is 4.79 Å². The van der Waals surface area contributed by atoms with Crippen LogP contribution >= 0.6 is 0 Å². The molecule has 1 aliphatic rings. The van der Waals surface area contributed by atoms with Gasteiger partial charge in [0.25, 0.3) is 0 Å². The Morgan fingerprint density at radius 1 is 1.75 bits per heavy atom. The fraction of sp³-hybridized carbons (Fsp3) is 0.625. The van der Waals surface area contributed by atoms with Crippen molar-refractivity contribution >= 4 is 5.78 Å². The molecular weight excluding hydrogens is 154 g/mol. The Labute approximate surface area is 72.4 Å². The molecule has 0 fully saturated rings. The summed E-state index contributed by atoms with van der Waals surface area (Å²) in [4.78, 5) is 10.8. The smallest absolute Gasteiger partial charge is 0.178 e. The van der Waals surface area contributed by atoms with Crippen molar-refractivity contribution in [1.82, 2.24) is 16.2 Å². The van der Waals surface area contributed by atoms with Crippen LogP contribution in [0.1, 0.15) is 20.3 Å². The van der Waals surface area contributed by atoms with Crippen molar-refractivity contribution in [2.24, 2.45) is 0 Å². The van der Waals surface area contributed by atoms with Gasteiger partial charge in [-0.15, -0.1) is 0 Å². The summed E-state index contributed by atoms with van der Waals surface area (Å²) < 4.78 is 0. The van der Waals surface area contributed by atoms with Gasteiger partial charge < -0.3 is 10.7 Å². The highest BCUT2D eigenvalue weighted by Crippen LogP contribution is 1.93. The molecule has 1 aliphatic heterocycles. The van der Waals surface area contributed by atoms with Crippen LogP contribution < -0.4 is 16.2 Å². The average molecular weight is 169 g/mol. The zero-order valence-corrected chi connectivity index (χ0v) is 7.48. The van der Waals surface area contributed by atoms with E-state index in [1.807, 2.05) is 0 Å². The van der Waals surface area contributed by atoms with Crippen molar-refractivity contribution < 1.29 is 4.79 Å². The van der Waals surface area contributed by atoms with Crippen molar-refractivity contribution in [2.75, 3.05) is 6.54 Å². The van der Waals surface area contributed by atoms with E-state index in [1.54, 1.807) is 6.08 Å². The van der Waals surface area contributed by atoms with E-state index in [0.717, 1.165) is 12.2 Å². The van der Waals surface area contributed by atoms with Crippen molar-refractivity contribution in [3.8, 4) is 0 Å². The summed E-state index contributed by atoms with van der Waals surface area (Å²) in [5.74, 6) is 0.878. The van der Waals surface area contributed by atoms with Crippen LogP contribution in [0.15, 0.2) is 11.9 Å². The van der Waals surface area contributed by atoms with E-state index in [1.165, 1.54) is 0 Å². The lowest BCUT2D eigenvalue weighted by Gasteiger charge is -2.14. The zero-order chi connectivity index (χ0) is 8.97. The lowest BCUT2D eigenvalue weighted by Crippen LogP contribution is -2.40. The fourth-order valence-electron chi connectivity index (χ4n) is 0.829. The van der Waals surface area contributed by atoms with Gasteiger partial charge in [0.05, 0.1) is 6.54 Å². The van der Waals surface area contributed by atoms with Crippen molar-refractivity contribution in [3.63, 3.8) is 0 Å². The molecule has 0 aromatic heterocycles. The fourth-order valence-corrected chi connectivity index (χ4v) is 0.829. The van der Waals surface area contributed by atoms with Crippen LogP contribution in [0.4, 0.5) is 0 Å². The van der Waals surface area contributed by atoms with Crippen molar-refractivity contribution in [2.45, 2.75) is 26.3 Å². The molecule has 0 bridgehead atoms. The maximum Gasteiger partial charge on any atom is 0.178 e. The third kappa shape index (κ3) is 2.54. The van der Waals surface area contributed by atoms with Crippen LogP contribution in [0, 0.1) is 0 Å². The number of hydrazine groups is 1. The molecule has 0 amide bonds. The Balaban J connectivity index is 2.24. The van der Waals surface area contributed by atoms with Gasteiger partial charge in [0.15, 0.2) is 5.78 Å². The van der Waals surface area contributed by atoms with E-state index < -0.39 is 0 Å². The SMILES string of the molecule is CCC(C)NNC1=CC(=O)CN1. The number of carbonyl (C=O) groups excluding carboxylic acids is 1. The van der Waals surface area contributed by atoms with Gasteiger partial charge in [-0.05, 0) is 13.3 Å². The molecule has 1 atom stereocenters. The first kappa shape index (κ1) is 9.06. The van der Waals surface area contributed by atoms with E-state index >= 15 is 0 Å². The van der Waals surface area contributed by atoms with E-state index in [9.17, 15) is 4.79 Å². The summed E-state index contributed by atoms with van der Waals surface area (Å²) >= 11 is 0. The average Bonchev–Trinajstić information content (AvgIpc) is 2.47. The second-order valence-electron chi connectivity index (χ2n) is 2.96. The van der Waals surface area contributed by atoms with Crippen LogP contribution in [0.5, 0.6) is 0 Å². The summed E-state index contributed by atoms with van der Waals surface area (Å²) in [6.45, 7) is 4.58. The number of carbonyl (C=O) groups is 1. The van der Waals surface area contributed by atoms with E-state index in [2.05, 4.69) is 30.0 Å². The predicted molar refractivity (Wildman–Crippen MR) is 47.1 cm³/mol. The first-order valence-corrected chi connectivity index (χ1v) is 4.22. The maximum atomic E-state index is 10.8. The third-order valence-corrected chi connectivity index (χ3v) is 1.82. The van der Waals surface area contributed by atoms with Crippen LogP contribution in [0.3, 0.4) is 0 Å². The molecule has 12 heavy (non-hydrogen) atoms. The Kier molecular flexibility index (Phi) is 3.10. The van der Waals surface area contributed by atoms with Gasteiger partial charge >= 0.3 is 0 Å². The zero-order valence-electron chi connectivity index (χ0n) is 7.48. The maximum absolute atomic E-state index is 10.8. The Hall–Kier alpha value is -1.03. The molecule has 1 heterocycles. The summed E-state index contributed by atoms with van der Waals surface area (Å²) in [6, 6.07) is 0.406. The van der Waals surface area contributed by atoms with Gasteiger partial charge in [0, 0.05) is 12.1 Å². The van der Waals surface area contributed by atoms with Gasteiger partial charge in [-0.25, -0.2) is 5.43 Å². The molecule has 68 valence electrons. The Morgan fingerprint density at radius 2 is 2.50 bits per heavy atom. The minimum atomic E-state index is 0.114. The molecule has 4 heteroatoms. The first-order chi connectivity index (χ1) is 5.72. The molecule has 1 unspecified atom stereocenters. The van der Waals surface area contributed by atoms with Crippen molar-refractivity contribution in [1.29, 1.82) is 0 Å². The van der Waals surface area contributed by atoms with E-state index in [-0.39, 0.29) is 5.78 Å². The van der Waals surface area contributed by atoms with Crippen molar-refractivity contribution in [3.05, 3.63) is 11.9 Å². The minimum absolute atomic E-state index is 0.114. The first-order valence-electron chi connectivity index (χ1n) is 4.22. The summed E-state index contributed by atoms with van der Waals surface area (Å²) in [5.41, 5.74) is 6.00.